The molecule has 3 aromatic rings. The highest BCUT2D eigenvalue weighted by Gasteiger charge is 2.10. The number of aromatic nitrogens is 1. The molecule has 21 heavy (non-hydrogen) atoms. The van der Waals surface area contributed by atoms with Gasteiger partial charge in [-0.25, -0.2) is 13.8 Å². The minimum Gasteiger partial charge on any atom is -0.469 e. The van der Waals surface area contributed by atoms with Gasteiger partial charge in [0.1, 0.15) is 24.0 Å². The molecular weight excluding hydrogens is 276 g/mol. The normalized spacial score (nSPS) is 10.6. The van der Waals surface area contributed by atoms with Crippen molar-refractivity contribution >= 4 is 0 Å². The summed E-state index contributed by atoms with van der Waals surface area (Å²) in [6, 6.07) is 10.2. The van der Waals surface area contributed by atoms with Crippen LogP contribution < -0.4 is 4.74 Å². The summed E-state index contributed by atoms with van der Waals surface area (Å²) < 4.78 is 37.4. The van der Waals surface area contributed by atoms with Gasteiger partial charge in [0.2, 0.25) is 5.88 Å². The monoisotopic (exact) mass is 287 g/mol. The van der Waals surface area contributed by atoms with Crippen LogP contribution in [0.1, 0.15) is 5.76 Å². The molecule has 0 saturated heterocycles. The van der Waals surface area contributed by atoms with Gasteiger partial charge in [0, 0.05) is 17.8 Å². The van der Waals surface area contributed by atoms with E-state index >= 15 is 0 Å². The van der Waals surface area contributed by atoms with Crippen LogP contribution in [-0.4, -0.2) is 4.98 Å². The van der Waals surface area contributed by atoms with E-state index in [-0.39, 0.29) is 6.61 Å². The summed E-state index contributed by atoms with van der Waals surface area (Å²) in [6.45, 7) is 0.189. The van der Waals surface area contributed by atoms with Crippen LogP contribution in [0.2, 0.25) is 0 Å². The zero-order valence-corrected chi connectivity index (χ0v) is 10.9. The molecule has 0 amide bonds. The van der Waals surface area contributed by atoms with Crippen LogP contribution in [0, 0.1) is 11.6 Å². The number of benzene rings is 1. The van der Waals surface area contributed by atoms with E-state index < -0.39 is 11.6 Å². The molecule has 3 nitrogen and oxygen atoms in total. The van der Waals surface area contributed by atoms with Gasteiger partial charge >= 0.3 is 0 Å². The summed E-state index contributed by atoms with van der Waals surface area (Å²) in [7, 11) is 0. The van der Waals surface area contributed by atoms with Crippen molar-refractivity contribution in [2.24, 2.45) is 0 Å². The zero-order valence-electron chi connectivity index (χ0n) is 10.9. The largest absolute Gasteiger partial charge is 0.469 e. The van der Waals surface area contributed by atoms with E-state index in [4.69, 9.17) is 9.15 Å². The van der Waals surface area contributed by atoms with Crippen molar-refractivity contribution in [3.05, 3.63) is 72.3 Å². The molecule has 0 fully saturated rings. The van der Waals surface area contributed by atoms with Gasteiger partial charge in [-0.05, 0) is 42.0 Å². The third kappa shape index (κ3) is 3.08. The van der Waals surface area contributed by atoms with E-state index in [1.807, 2.05) is 0 Å². The molecule has 3 rings (SSSR count). The predicted molar refractivity (Wildman–Crippen MR) is 72.6 cm³/mol. The minimum absolute atomic E-state index is 0.189. The van der Waals surface area contributed by atoms with Crippen molar-refractivity contribution in [3.63, 3.8) is 0 Å². The first-order valence-corrected chi connectivity index (χ1v) is 6.29. The van der Waals surface area contributed by atoms with Crippen LogP contribution in [-0.2, 0) is 6.61 Å². The molecule has 0 aliphatic rings. The van der Waals surface area contributed by atoms with Crippen molar-refractivity contribution in [2.75, 3.05) is 0 Å². The minimum atomic E-state index is -0.647. The quantitative estimate of drug-likeness (QED) is 0.721. The molecular formula is C16H11F2NO2. The van der Waals surface area contributed by atoms with E-state index in [9.17, 15) is 8.78 Å². The molecule has 106 valence electrons. The summed E-state index contributed by atoms with van der Waals surface area (Å²) in [5.74, 6) is -0.368. The fourth-order valence-corrected chi connectivity index (χ4v) is 1.97. The maximum atomic E-state index is 13.3. The number of hydrogen-bond donors (Lipinski definition) is 0. The Labute approximate surface area is 119 Å². The number of hydrogen-bond acceptors (Lipinski definition) is 3. The lowest BCUT2D eigenvalue weighted by Gasteiger charge is -2.09. The molecule has 0 aliphatic carbocycles. The summed E-state index contributed by atoms with van der Waals surface area (Å²) in [5, 5.41) is 0. The summed E-state index contributed by atoms with van der Waals surface area (Å²) in [5.41, 5.74) is 0.887. The van der Waals surface area contributed by atoms with Gasteiger partial charge < -0.3 is 9.15 Å². The van der Waals surface area contributed by atoms with Crippen molar-refractivity contribution in [1.82, 2.24) is 4.98 Å². The predicted octanol–water partition coefficient (Wildman–Crippen LogP) is 4.20. The van der Waals surface area contributed by atoms with E-state index in [1.54, 1.807) is 36.7 Å². The number of furan rings is 1. The fourth-order valence-electron chi connectivity index (χ4n) is 1.97. The molecule has 2 aromatic heterocycles. The SMILES string of the molecule is Fc1cc(F)cc(-c2cccnc2OCc2ccco2)c1. The van der Waals surface area contributed by atoms with E-state index in [0.717, 1.165) is 6.07 Å². The molecule has 0 bridgehead atoms. The first-order valence-electron chi connectivity index (χ1n) is 6.29. The van der Waals surface area contributed by atoms with Crippen molar-refractivity contribution in [3.8, 4) is 17.0 Å². The molecule has 0 saturated carbocycles. The highest BCUT2D eigenvalue weighted by atomic mass is 19.1. The second kappa shape index (κ2) is 5.75. The molecule has 0 aliphatic heterocycles. The lowest BCUT2D eigenvalue weighted by atomic mass is 10.1. The smallest absolute Gasteiger partial charge is 0.221 e. The van der Waals surface area contributed by atoms with Crippen LogP contribution in [0.25, 0.3) is 11.1 Å². The Morgan fingerprint density at radius 3 is 2.57 bits per heavy atom. The van der Waals surface area contributed by atoms with Gasteiger partial charge in [0.25, 0.3) is 0 Å². The molecule has 0 atom stereocenters. The third-order valence-corrected chi connectivity index (χ3v) is 2.88. The Balaban J connectivity index is 1.91. The topological polar surface area (TPSA) is 35.3 Å². The van der Waals surface area contributed by atoms with Crippen molar-refractivity contribution in [1.29, 1.82) is 0 Å². The number of rotatable bonds is 4. The highest BCUT2D eigenvalue weighted by Crippen LogP contribution is 2.29. The van der Waals surface area contributed by atoms with Gasteiger partial charge in [-0.2, -0.15) is 0 Å². The van der Waals surface area contributed by atoms with Crippen molar-refractivity contribution in [2.45, 2.75) is 6.61 Å². The van der Waals surface area contributed by atoms with Crippen LogP contribution in [0.5, 0.6) is 5.88 Å². The maximum Gasteiger partial charge on any atom is 0.221 e. The molecule has 0 spiro atoms. The average Bonchev–Trinajstić information content (AvgIpc) is 2.98. The molecule has 0 unspecified atom stereocenters. The van der Waals surface area contributed by atoms with Gasteiger partial charge in [-0.15, -0.1) is 0 Å². The second-order valence-corrected chi connectivity index (χ2v) is 4.38. The molecule has 5 heteroatoms. The Morgan fingerprint density at radius 1 is 1.05 bits per heavy atom. The molecule has 0 N–H and O–H groups in total. The van der Waals surface area contributed by atoms with Crippen LogP contribution >= 0.6 is 0 Å². The van der Waals surface area contributed by atoms with Gasteiger partial charge in [-0.1, -0.05) is 0 Å². The Hall–Kier alpha value is -2.69. The van der Waals surface area contributed by atoms with Gasteiger partial charge in [-0.3, -0.25) is 0 Å². The van der Waals surface area contributed by atoms with Crippen molar-refractivity contribution < 1.29 is 17.9 Å². The summed E-state index contributed by atoms with van der Waals surface area (Å²) in [6.07, 6.45) is 3.09. The molecule has 2 heterocycles. The second-order valence-electron chi connectivity index (χ2n) is 4.38. The molecule has 1 aromatic carbocycles. The Morgan fingerprint density at radius 2 is 1.86 bits per heavy atom. The lowest BCUT2D eigenvalue weighted by molar-refractivity contribution is 0.262. The average molecular weight is 287 g/mol. The maximum absolute atomic E-state index is 13.3. The number of pyridine rings is 1. The highest BCUT2D eigenvalue weighted by molar-refractivity contribution is 5.68. The Bertz CT molecular complexity index is 722. The number of ether oxygens (including phenoxy) is 1. The summed E-state index contributed by atoms with van der Waals surface area (Å²) >= 11 is 0. The molecule has 0 radical (unpaired) electrons. The van der Waals surface area contributed by atoms with Crippen LogP contribution in [0.15, 0.2) is 59.3 Å². The van der Waals surface area contributed by atoms with E-state index in [2.05, 4.69) is 4.98 Å². The summed E-state index contributed by atoms with van der Waals surface area (Å²) in [4.78, 5) is 4.11. The number of halogens is 2. The van der Waals surface area contributed by atoms with Crippen LogP contribution in [0.3, 0.4) is 0 Å². The lowest BCUT2D eigenvalue weighted by Crippen LogP contribution is -1.98. The van der Waals surface area contributed by atoms with Gasteiger partial charge in [0.15, 0.2) is 0 Å². The standard InChI is InChI=1S/C16H11F2NO2/c17-12-7-11(8-13(18)9-12)15-4-1-5-19-16(15)21-10-14-3-2-6-20-14/h1-9H,10H2. The van der Waals surface area contributed by atoms with Gasteiger partial charge in [0.05, 0.1) is 6.26 Å². The van der Waals surface area contributed by atoms with Crippen LogP contribution in [0.4, 0.5) is 8.78 Å². The third-order valence-electron chi connectivity index (χ3n) is 2.88. The fraction of sp³-hybridized carbons (Fsp3) is 0.0625. The zero-order chi connectivity index (χ0) is 14.7. The Kier molecular flexibility index (Phi) is 3.64. The first-order chi connectivity index (χ1) is 10.2. The number of nitrogens with zero attached hydrogens (tertiary/aromatic N) is 1. The first kappa shape index (κ1) is 13.3. The van der Waals surface area contributed by atoms with E-state index in [1.165, 1.54) is 12.1 Å². The van der Waals surface area contributed by atoms with E-state index in [0.29, 0.717) is 22.8 Å².